The van der Waals surface area contributed by atoms with Gasteiger partial charge in [-0.15, -0.1) is 0 Å². The molecule has 1 aromatic heterocycles. The molecule has 3 heteroatoms. The first-order valence-corrected chi connectivity index (χ1v) is 6.34. The number of aryl methyl sites for hydroxylation is 1. The molecule has 1 atom stereocenters. The molecule has 0 aliphatic carbocycles. The Morgan fingerprint density at radius 2 is 2.00 bits per heavy atom. The monoisotopic (exact) mass is 223 g/mol. The fourth-order valence-electron chi connectivity index (χ4n) is 2.44. The molecule has 1 heterocycles. The number of rotatable bonds is 6. The first-order valence-electron chi connectivity index (χ1n) is 6.34. The second-order valence-corrected chi connectivity index (χ2v) is 4.45. The van der Waals surface area contributed by atoms with Gasteiger partial charge in [-0.1, -0.05) is 20.3 Å². The van der Waals surface area contributed by atoms with E-state index in [1.54, 1.807) is 0 Å². The smallest absolute Gasteiger partial charge is 0.0646 e. The normalized spacial score (nSPS) is 13.1. The third-order valence-corrected chi connectivity index (χ3v) is 3.24. The Bertz CT molecular complexity index is 322. The molecule has 1 unspecified atom stereocenters. The fraction of sp³-hybridized carbons (Fsp3) is 0.769. The van der Waals surface area contributed by atoms with Crippen LogP contribution in [0.25, 0.3) is 0 Å². The van der Waals surface area contributed by atoms with Crippen molar-refractivity contribution >= 4 is 0 Å². The number of nitrogens with one attached hydrogen (secondary N) is 1. The first-order chi connectivity index (χ1) is 7.65. The maximum absolute atomic E-state index is 4.70. The molecule has 92 valence electrons. The highest BCUT2D eigenvalue weighted by Gasteiger charge is 2.16. The predicted octanol–water partition coefficient (Wildman–Crippen LogP) is 2.62. The van der Waals surface area contributed by atoms with Crippen LogP contribution in [-0.2, 0) is 6.42 Å². The molecule has 0 radical (unpaired) electrons. The summed E-state index contributed by atoms with van der Waals surface area (Å²) in [5, 5.41) is 7.96. The Labute approximate surface area is 99.2 Å². The van der Waals surface area contributed by atoms with E-state index in [0.717, 1.165) is 13.0 Å². The molecule has 0 aliphatic heterocycles. The topological polar surface area (TPSA) is 29.9 Å². The second kappa shape index (κ2) is 6.04. The van der Waals surface area contributed by atoms with E-state index in [2.05, 4.69) is 37.7 Å². The van der Waals surface area contributed by atoms with Gasteiger partial charge in [-0.2, -0.15) is 5.10 Å². The van der Waals surface area contributed by atoms with Crippen LogP contribution in [0.2, 0.25) is 0 Å². The SMILES string of the molecule is CCCC(CNC)n1nc(C)c(CC)c1C. The molecule has 1 rings (SSSR count). The minimum atomic E-state index is 0.494. The van der Waals surface area contributed by atoms with Crippen LogP contribution >= 0.6 is 0 Å². The summed E-state index contributed by atoms with van der Waals surface area (Å²) in [6.45, 7) is 9.74. The molecular formula is C13H25N3. The zero-order valence-electron chi connectivity index (χ0n) is 11.3. The highest BCUT2D eigenvalue weighted by molar-refractivity contribution is 5.24. The van der Waals surface area contributed by atoms with Gasteiger partial charge in [0.1, 0.15) is 0 Å². The molecule has 0 bridgehead atoms. The molecule has 1 N–H and O–H groups in total. The van der Waals surface area contributed by atoms with E-state index in [1.165, 1.54) is 29.8 Å². The standard InChI is InChI=1S/C13H25N3/c1-6-8-12(9-14-5)16-11(4)13(7-2)10(3)15-16/h12,14H,6-9H2,1-5H3. The lowest BCUT2D eigenvalue weighted by molar-refractivity contribution is 0.398. The Morgan fingerprint density at radius 3 is 2.44 bits per heavy atom. The number of nitrogens with zero attached hydrogens (tertiary/aromatic N) is 2. The van der Waals surface area contributed by atoms with Crippen LogP contribution in [0, 0.1) is 13.8 Å². The van der Waals surface area contributed by atoms with Gasteiger partial charge in [0.25, 0.3) is 0 Å². The summed E-state index contributed by atoms with van der Waals surface area (Å²) >= 11 is 0. The predicted molar refractivity (Wildman–Crippen MR) is 69.0 cm³/mol. The molecule has 3 nitrogen and oxygen atoms in total. The maximum Gasteiger partial charge on any atom is 0.0646 e. The van der Waals surface area contributed by atoms with E-state index >= 15 is 0 Å². The zero-order chi connectivity index (χ0) is 12.1. The van der Waals surface area contributed by atoms with Crippen molar-refractivity contribution in [3.05, 3.63) is 17.0 Å². The minimum absolute atomic E-state index is 0.494. The summed E-state index contributed by atoms with van der Waals surface area (Å²) in [4.78, 5) is 0. The summed E-state index contributed by atoms with van der Waals surface area (Å²) < 4.78 is 2.22. The third kappa shape index (κ3) is 2.64. The molecule has 1 aromatic rings. The zero-order valence-corrected chi connectivity index (χ0v) is 11.3. The summed E-state index contributed by atoms with van der Waals surface area (Å²) in [6, 6.07) is 0.494. The van der Waals surface area contributed by atoms with Crippen molar-refractivity contribution in [3.63, 3.8) is 0 Å². The Balaban J connectivity index is 2.99. The molecule has 0 spiro atoms. The van der Waals surface area contributed by atoms with E-state index in [0.29, 0.717) is 6.04 Å². The van der Waals surface area contributed by atoms with Crippen LogP contribution in [0.1, 0.15) is 49.7 Å². The van der Waals surface area contributed by atoms with E-state index < -0.39 is 0 Å². The van der Waals surface area contributed by atoms with Crippen molar-refractivity contribution in [1.29, 1.82) is 0 Å². The lowest BCUT2D eigenvalue weighted by Gasteiger charge is -2.18. The molecule has 0 aromatic carbocycles. The van der Waals surface area contributed by atoms with Crippen molar-refractivity contribution in [3.8, 4) is 0 Å². The number of aromatic nitrogens is 2. The maximum atomic E-state index is 4.70. The van der Waals surface area contributed by atoms with Crippen molar-refractivity contribution in [1.82, 2.24) is 15.1 Å². The number of hydrogen-bond donors (Lipinski definition) is 1. The van der Waals surface area contributed by atoms with Crippen LogP contribution in [0.5, 0.6) is 0 Å². The fourth-order valence-corrected chi connectivity index (χ4v) is 2.44. The van der Waals surface area contributed by atoms with Crippen LogP contribution in [-0.4, -0.2) is 23.4 Å². The highest BCUT2D eigenvalue weighted by atomic mass is 15.3. The molecule has 0 amide bonds. The second-order valence-electron chi connectivity index (χ2n) is 4.45. The van der Waals surface area contributed by atoms with Gasteiger partial charge in [0, 0.05) is 12.2 Å². The van der Waals surface area contributed by atoms with Crippen LogP contribution in [0.4, 0.5) is 0 Å². The van der Waals surface area contributed by atoms with Crippen molar-refractivity contribution in [2.24, 2.45) is 0 Å². The summed E-state index contributed by atoms with van der Waals surface area (Å²) in [7, 11) is 2.01. The molecule has 0 fully saturated rings. The molecule has 0 saturated carbocycles. The summed E-state index contributed by atoms with van der Waals surface area (Å²) in [6.07, 6.45) is 3.47. The van der Waals surface area contributed by atoms with Gasteiger partial charge >= 0.3 is 0 Å². The molecule has 0 aliphatic rings. The number of hydrogen-bond acceptors (Lipinski definition) is 2. The van der Waals surface area contributed by atoms with E-state index in [4.69, 9.17) is 5.10 Å². The van der Waals surface area contributed by atoms with Gasteiger partial charge in [-0.25, -0.2) is 0 Å². The van der Waals surface area contributed by atoms with E-state index in [1.807, 2.05) is 7.05 Å². The molecular weight excluding hydrogens is 198 g/mol. The average molecular weight is 223 g/mol. The van der Waals surface area contributed by atoms with Crippen LogP contribution in [0.3, 0.4) is 0 Å². The van der Waals surface area contributed by atoms with Gasteiger partial charge < -0.3 is 5.32 Å². The average Bonchev–Trinajstić information content (AvgIpc) is 2.53. The van der Waals surface area contributed by atoms with Gasteiger partial charge in [-0.3, -0.25) is 4.68 Å². The van der Waals surface area contributed by atoms with Crippen molar-refractivity contribution in [2.75, 3.05) is 13.6 Å². The highest BCUT2D eigenvalue weighted by Crippen LogP contribution is 2.20. The van der Waals surface area contributed by atoms with Gasteiger partial charge in [-0.05, 0) is 39.3 Å². The van der Waals surface area contributed by atoms with Gasteiger partial charge in [0.2, 0.25) is 0 Å². The van der Waals surface area contributed by atoms with E-state index in [-0.39, 0.29) is 0 Å². The Morgan fingerprint density at radius 1 is 1.31 bits per heavy atom. The van der Waals surface area contributed by atoms with Crippen molar-refractivity contribution in [2.45, 2.75) is 53.0 Å². The largest absolute Gasteiger partial charge is 0.318 e. The van der Waals surface area contributed by atoms with E-state index in [9.17, 15) is 0 Å². The quantitative estimate of drug-likeness (QED) is 0.803. The third-order valence-electron chi connectivity index (χ3n) is 3.24. The lowest BCUT2D eigenvalue weighted by atomic mass is 10.1. The first kappa shape index (κ1) is 13.2. The van der Waals surface area contributed by atoms with Crippen LogP contribution < -0.4 is 5.32 Å². The molecule has 16 heavy (non-hydrogen) atoms. The van der Waals surface area contributed by atoms with Crippen molar-refractivity contribution < 1.29 is 0 Å². The summed E-state index contributed by atoms with van der Waals surface area (Å²) in [5.74, 6) is 0. The van der Waals surface area contributed by atoms with Gasteiger partial charge in [0.15, 0.2) is 0 Å². The minimum Gasteiger partial charge on any atom is -0.318 e. The lowest BCUT2D eigenvalue weighted by Crippen LogP contribution is -2.24. The Kier molecular flexibility index (Phi) is 5.00. The number of likely N-dealkylation sites (N-methyl/N-ethyl adjacent to an activating group) is 1. The van der Waals surface area contributed by atoms with Gasteiger partial charge in [0.05, 0.1) is 11.7 Å². The Hall–Kier alpha value is -0.830. The van der Waals surface area contributed by atoms with Crippen LogP contribution in [0.15, 0.2) is 0 Å². The summed E-state index contributed by atoms with van der Waals surface area (Å²) in [5.41, 5.74) is 3.95. The molecule has 0 saturated heterocycles.